The summed E-state index contributed by atoms with van der Waals surface area (Å²) in [6.45, 7) is 5.91. The zero-order valence-corrected chi connectivity index (χ0v) is 10.6. The van der Waals surface area contributed by atoms with Gasteiger partial charge < -0.3 is 4.90 Å². The molecule has 3 heteroatoms. The van der Waals surface area contributed by atoms with Crippen LogP contribution in [0.5, 0.6) is 0 Å². The quantitative estimate of drug-likeness (QED) is 0.565. The molecule has 13 heavy (non-hydrogen) atoms. The summed E-state index contributed by atoms with van der Waals surface area (Å²) >= 11 is 2.44. The van der Waals surface area contributed by atoms with E-state index in [0.717, 1.165) is 19.0 Å². The van der Waals surface area contributed by atoms with E-state index < -0.39 is 0 Å². The molecule has 1 fully saturated rings. The number of rotatable bonds is 2. The van der Waals surface area contributed by atoms with Crippen LogP contribution in [0.15, 0.2) is 0 Å². The predicted octanol–water partition coefficient (Wildman–Crippen LogP) is 2.32. The molecule has 1 saturated heterocycles. The molecule has 0 aliphatic carbocycles. The molecule has 1 aliphatic heterocycles. The molecule has 0 N–H and O–H groups in total. The highest BCUT2D eigenvalue weighted by Gasteiger charge is 2.23. The van der Waals surface area contributed by atoms with Gasteiger partial charge in [0.15, 0.2) is 0 Å². The van der Waals surface area contributed by atoms with Gasteiger partial charge in [0.2, 0.25) is 5.91 Å². The van der Waals surface area contributed by atoms with Crippen LogP contribution in [-0.4, -0.2) is 28.3 Å². The fraction of sp³-hybridized carbons (Fsp3) is 0.900. The van der Waals surface area contributed by atoms with Crippen LogP contribution in [0.25, 0.3) is 0 Å². The number of hydrogen-bond acceptors (Lipinski definition) is 1. The van der Waals surface area contributed by atoms with Crippen molar-refractivity contribution in [3.63, 3.8) is 0 Å². The Labute approximate surface area is 94.2 Å². The molecule has 0 atom stereocenters. The molecule has 0 spiro atoms. The van der Waals surface area contributed by atoms with Crippen LogP contribution in [0.1, 0.15) is 26.7 Å². The molecule has 0 radical (unpaired) electrons. The molecular formula is C10H18INO. The van der Waals surface area contributed by atoms with E-state index in [1.165, 1.54) is 17.3 Å². The molecule has 1 aliphatic rings. The van der Waals surface area contributed by atoms with Gasteiger partial charge in [-0.2, -0.15) is 0 Å². The van der Waals surface area contributed by atoms with Crippen LogP contribution < -0.4 is 0 Å². The fourth-order valence-electron chi connectivity index (χ4n) is 1.67. The first-order chi connectivity index (χ1) is 6.15. The number of amides is 1. The van der Waals surface area contributed by atoms with E-state index in [0.29, 0.717) is 5.91 Å². The zero-order chi connectivity index (χ0) is 9.84. The summed E-state index contributed by atoms with van der Waals surface area (Å²) in [5, 5.41) is 0. The van der Waals surface area contributed by atoms with Crippen LogP contribution >= 0.6 is 22.6 Å². The second kappa shape index (κ2) is 5.17. The van der Waals surface area contributed by atoms with Gasteiger partial charge in [0.1, 0.15) is 0 Å². The first-order valence-electron chi connectivity index (χ1n) is 5.00. The summed E-state index contributed by atoms with van der Waals surface area (Å²) in [5.74, 6) is 1.33. The van der Waals surface area contributed by atoms with Gasteiger partial charge in [-0.15, -0.1) is 0 Å². The summed E-state index contributed by atoms with van der Waals surface area (Å²) in [6, 6.07) is 0. The van der Waals surface area contributed by atoms with Crippen molar-refractivity contribution in [1.29, 1.82) is 0 Å². The lowest BCUT2D eigenvalue weighted by atomic mass is 9.98. The van der Waals surface area contributed by atoms with Gasteiger partial charge >= 0.3 is 0 Å². The van der Waals surface area contributed by atoms with Crippen molar-refractivity contribution in [2.24, 2.45) is 11.8 Å². The smallest absolute Gasteiger partial charge is 0.225 e. The van der Waals surface area contributed by atoms with Crippen LogP contribution in [0.3, 0.4) is 0 Å². The summed E-state index contributed by atoms with van der Waals surface area (Å²) in [5.41, 5.74) is 0. The maximum Gasteiger partial charge on any atom is 0.225 e. The average molecular weight is 295 g/mol. The minimum atomic E-state index is 0.163. The highest BCUT2D eigenvalue weighted by atomic mass is 127. The molecule has 2 nitrogen and oxygen atoms in total. The second-order valence-electron chi connectivity index (χ2n) is 4.08. The standard InChI is InChI=1S/C10H18INO/c1-8(2)10(13)12-5-3-9(7-11)4-6-12/h8-9H,3-7H2,1-2H3. The van der Waals surface area contributed by atoms with Crippen LogP contribution in [-0.2, 0) is 4.79 Å². The zero-order valence-electron chi connectivity index (χ0n) is 8.42. The van der Waals surface area contributed by atoms with Gasteiger partial charge in [-0.3, -0.25) is 4.79 Å². The molecular weight excluding hydrogens is 277 g/mol. The van der Waals surface area contributed by atoms with E-state index in [1.807, 2.05) is 18.7 Å². The van der Waals surface area contributed by atoms with Crippen molar-refractivity contribution in [3.05, 3.63) is 0 Å². The Morgan fingerprint density at radius 1 is 1.46 bits per heavy atom. The third-order valence-corrected chi connectivity index (χ3v) is 3.88. The van der Waals surface area contributed by atoms with Gasteiger partial charge in [0.05, 0.1) is 0 Å². The maximum atomic E-state index is 11.6. The number of likely N-dealkylation sites (tertiary alicyclic amines) is 1. The van der Waals surface area contributed by atoms with Crippen molar-refractivity contribution < 1.29 is 4.79 Å². The number of halogens is 1. The molecule has 1 rings (SSSR count). The first kappa shape index (κ1) is 11.3. The minimum Gasteiger partial charge on any atom is -0.342 e. The number of hydrogen-bond donors (Lipinski definition) is 0. The Hall–Kier alpha value is 0.200. The molecule has 1 amide bonds. The number of nitrogens with zero attached hydrogens (tertiary/aromatic N) is 1. The summed E-state index contributed by atoms with van der Waals surface area (Å²) < 4.78 is 1.24. The van der Waals surface area contributed by atoms with Crippen LogP contribution in [0.2, 0.25) is 0 Å². The highest BCUT2D eigenvalue weighted by molar-refractivity contribution is 14.1. The highest BCUT2D eigenvalue weighted by Crippen LogP contribution is 2.20. The van der Waals surface area contributed by atoms with Gasteiger partial charge in [-0.05, 0) is 18.8 Å². The van der Waals surface area contributed by atoms with Crippen molar-refractivity contribution in [3.8, 4) is 0 Å². The Bertz CT molecular complexity index is 174. The second-order valence-corrected chi connectivity index (χ2v) is 4.96. The van der Waals surface area contributed by atoms with E-state index in [2.05, 4.69) is 22.6 Å². The van der Waals surface area contributed by atoms with Gasteiger partial charge in [0.25, 0.3) is 0 Å². The molecule has 0 aromatic carbocycles. The minimum absolute atomic E-state index is 0.163. The van der Waals surface area contributed by atoms with E-state index in [1.54, 1.807) is 0 Å². The molecule has 0 aromatic heterocycles. The third kappa shape index (κ3) is 3.11. The summed E-state index contributed by atoms with van der Waals surface area (Å²) in [6.07, 6.45) is 2.39. The van der Waals surface area contributed by atoms with Crippen molar-refractivity contribution >= 4 is 28.5 Å². The van der Waals surface area contributed by atoms with Crippen LogP contribution in [0.4, 0.5) is 0 Å². The third-order valence-electron chi connectivity index (χ3n) is 2.64. The van der Waals surface area contributed by atoms with Gasteiger partial charge in [-0.25, -0.2) is 0 Å². The molecule has 0 bridgehead atoms. The van der Waals surface area contributed by atoms with Crippen LogP contribution in [0, 0.1) is 11.8 Å². The topological polar surface area (TPSA) is 20.3 Å². The molecule has 0 saturated carbocycles. The van der Waals surface area contributed by atoms with E-state index >= 15 is 0 Å². The van der Waals surface area contributed by atoms with Crippen molar-refractivity contribution in [2.75, 3.05) is 17.5 Å². The lowest BCUT2D eigenvalue weighted by Gasteiger charge is -2.32. The van der Waals surface area contributed by atoms with E-state index in [-0.39, 0.29) is 5.92 Å². The Morgan fingerprint density at radius 3 is 2.38 bits per heavy atom. The van der Waals surface area contributed by atoms with Gasteiger partial charge in [0, 0.05) is 23.4 Å². The summed E-state index contributed by atoms with van der Waals surface area (Å²) in [7, 11) is 0. The first-order valence-corrected chi connectivity index (χ1v) is 6.52. The molecule has 1 heterocycles. The Kier molecular flexibility index (Phi) is 4.49. The maximum absolute atomic E-state index is 11.6. The largest absolute Gasteiger partial charge is 0.342 e. The number of piperidine rings is 1. The molecule has 76 valence electrons. The normalized spacial score (nSPS) is 19.5. The fourth-order valence-corrected chi connectivity index (χ4v) is 2.55. The monoisotopic (exact) mass is 295 g/mol. The van der Waals surface area contributed by atoms with E-state index in [4.69, 9.17) is 0 Å². The number of carbonyl (C=O) groups excluding carboxylic acids is 1. The Morgan fingerprint density at radius 2 is 2.00 bits per heavy atom. The predicted molar refractivity (Wildman–Crippen MR) is 63.0 cm³/mol. The van der Waals surface area contributed by atoms with Gasteiger partial charge in [-0.1, -0.05) is 36.4 Å². The number of alkyl halides is 1. The van der Waals surface area contributed by atoms with E-state index in [9.17, 15) is 4.79 Å². The SMILES string of the molecule is CC(C)C(=O)N1CCC(CI)CC1. The summed E-state index contributed by atoms with van der Waals surface area (Å²) in [4.78, 5) is 13.6. The number of carbonyl (C=O) groups is 1. The molecule has 0 aromatic rings. The Balaban J connectivity index is 2.36. The average Bonchev–Trinajstić information content (AvgIpc) is 2.17. The molecule has 0 unspecified atom stereocenters. The van der Waals surface area contributed by atoms with Crippen molar-refractivity contribution in [1.82, 2.24) is 4.90 Å². The lowest BCUT2D eigenvalue weighted by Crippen LogP contribution is -2.40. The van der Waals surface area contributed by atoms with Crippen molar-refractivity contribution in [2.45, 2.75) is 26.7 Å². The lowest BCUT2D eigenvalue weighted by molar-refractivity contribution is -0.135.